The van der Waals surface area contributed by atoms with Gasteiger partial charge in [-0.3, -0.25) is 4.90 Å². The minimum atomic E-state index is -4.54. The molecule has 0 spiro atoms. The Balaban J connectivity index is 1.40. The molecule has 2 aliphatic rings. The summed E-state index contributed by atoms with van der Waals surface area (Å²) in [6, 6.07) is 14.7. The molecule has 262 valence electrons. The third kappa shape index (κ3) is 6.76. The number of ether oxygens (including phenoxy) is 3. The molecule has 2 fully saturated rings. The number of halogens is 3. The monoisotopic (exact) mass is 688 g/mol. The first kappa shape index (κ1) is 34.9. The first-order valence-electron chi connectivity index (χ1n) is 16.4. The Bertz CT molecular complexity index is 1940. The van der Waals surface area contributed by atoms with Gasteiger partial charge in [0.05, 0.1) is 42.6 Å². The molecule has 9 nitrogen and oxygen atoms in total. The molecule has 2 aliphatic heterocycles. The van der Waals surface area contributed by atoms with Crippen LogP contribution in [-0.4, -0.2) is 66.4 Å². The Hall–Kier alpha value is -4.97. The van der Waals surface area contributed by atoms with Crippen LogP contribution < -0.4 is 4.90 Å². The molecule has 0 radical (unpaired) electrons. The number of methoxy groups -OCH3 is 2. The largest absolute Gasteiger partial charge is 0.465 e. The molecule has 0 aliphatic carbocycles. The molecule has 50 heavy (non-hydrogen) atoms. The van der Waals surface area contributed by atoms with Crippen molar-refractivity contribution in [2.45, 2.75) is 65.1 Å². The van der Waals surface area contributed by atoms with E-state index in [0.29, 0.717) is 42.3 Å². The Morgan fingerprint density at radius 3 is 2.42 bits per heavy atom. The summed E-state index contributed by atoms with van der Waals surface area (Å²) in [6.45, 7) is 8.62. The van der Waals surface area contributed by atoms with Gasteiger partial charge in [-0.1, -0.05) is 36.8 Å². The highest BCUT2D eigenvalue weighted by Crippen LogP contribution is 2.39. The van der Waals surface area contributed by atoms with Gasteiger partial charge < -0.3 is 19.1 Å². The Kier molecular flexibility index (Phi) is 9.58. The van der Waals surface area contributed by atoms with Crippen molar-refractivity contribution in [3.05, 3.63) is 99.9 Å². The Morgan fingerprint density at radius 2 is 1.76 bits per heavy atom. The highest BCUT2D eigenvalue weighted by atomic mass is 19.4. The summed E-state index contributed by atoms with van der Waals surface area (Å²) >= 11 is 0. The maximum atomic E-state index is 13.7. The van der Waals surface area contributed by atoms with E-state index < -0.39 is 35.9 Å². The minimum absolute atomic E-state index is 0.0427. The molecule has 0 bridgehead atoms. The standard InChI is InChI=1S/C38H39F3N4O5/c1-7-24-8-9-25(30-11-10-26(14-22(30)3)35(46)49-6)16-31(24)32-17-42-36(44-18-29(19-44)48-5)43-33(32)20-45-23(4)34(50-37(45)47)27-12-21(2)13-28(15-27)38(39,40)41/h8-17,23,29,34H,7,18-20H2,1-6H3/t23-,34-/m0/s1. The summed E-state index contributed by atoms with van der Waals surface area (Å²) in [7, 11) is 3.00. The van der Waals surface area contributed by atoms with Gasteiger partial charge in [0.1, 0.15) is 6.10 Å². The Morgan fingerprint density at radius 1 is 1.00 bits per heavy atom. The second kappa shape index (κ2) is 13.7. The zero-order valence-corrected chi connectivity index (χ0v) is 28.8. The fourth-order valence-corrected chi connectivity index (χ4v) is 6.65. The summed E-state index contributed by atoms with van der Waals surface area (Å²) in [5, 5.41) is 0. The number of nitrogens with zero attached hydrogens (tertiary/aromatic N) is 4. The van der Waals surface area contributed by atoms with Gasteiger partial charge in [0.15, 0.2) is 0 Å². The predicted molar refractivity (Wildman–Crippen MR) is 182 cm³/mol. The van der Waals surface area contributed by atoms with Gasteiger partial charge in [-0.15, -0.1) is 0 Å². The Labute approximate surface area is 289 Å². The number of aryl methyl sites for hydroxylation is 3. The fourth-order valence-electron chi connectivity index (χ4n) is 6.65. The summed E-state index contributed by atoms with van der Waals surface area (Å²) in [4.78, 5) is 38.8. The zero-order chi connectivity index (χ0) is 35.9. The molecule has 3 aromatic carbocycles. The molecule has 0 unspecified atom stereocenters. The van der Waals surface area contributed by atoms with Crippen molar-refractivity contribution in [3.8, 4) is 22.3 Å². The maximum Gasteiger partial charge on any atom is 0.416 e. The van der Waals surface area contributed by atoms with Crippen molar-refractivity contribution in [1.82, 2.24) is 14.9 Å². The van der Waals surface area contributed by atoms with Crippen LogP contribution in [0.1, 0.15) is 63.8 Å². The van der Waals surface area contributed by atoms with Crippen molar-refractivity contribution >= 4 is 18.0 Å². The quantitative estimate of drug-likeness (QED) is 0.165. The van der Waals surface area contributed by atoms with Crippen LogP contribution in [0.3, 0.4) is 0 Å². The van der Waals surface area contributed by atoms with Gasteiger partial charge in [-0.05, 0) is 90.9 Å². The second-order valence-corrected chi connectivity index (χ2v) is 12.8. The third-order valence-corrected chi connectivity index (χ3v) is 9.53. The number of benzene rings is 3. The van der Waals surface area contributed by atoms with Crippen molar-refractivity contribution in [2.75, 3.05) is 32.2 Å². The smallest absolute Gasteiger partial charge is 0.416 e. The molecule has 6 rings (SSSR count). The number of cyclic esters (lactones) is 1. The number of rotatable bonds is 9. The van der Waals surface area contributed by atoms with Crippen LogP contribution in [-0.2, 0) is 33.4 Å². The van der Waals surface area contributed by atoms with Crippen LogP contribution in [0, 0.1) is 13.8 Å². The van der Waals surface area contributed by atoms with Crippen molar-refractivity contribution in [2.24, 2.45) is 0 Å². The molecule has 2 saturated heterocycles. The van der Waals surface area contributed by atoms with E-state index in [-0.39, 0.29) is 18.2 Å². The van der Waals surface area contributed by atoms with E-state index in [0.717, 1.165) is 45.5 Å². The lowest BCUT2D eigenvalue weighted by Gasteiger charge is -2.38. The number of hydrogen-bond acceptors (Lipinski definition) is 8. The average Bonchev–Trinajstić information content (AvgIpc) is 3.35. The molecule has 0 N–H and O–H groups in total. The SMILES string of the molecule is CCc1ccc(-c2ccc(C(=O)OC)cc2C)cc1-c1cnc(N2CC(OC)C2)nc1CN1C(=O)O[C@H](c2cc(C)cc(C(F)(F)F)c2)[C@@H]1C. The van der Waals surface area contributed by atoms with Crippen LogP contribution in [0.5, 0.6) is 0 Å². The molecular weight excluding hydrogens is 649 g/mol. The highest BCUT2D eigenvalue weighted by Gasteiger charge is 2.42. The van der Waals surface area contributed by atoms with Crippen LogP contribution >= 0.6 is 0 Å². The second-order valence-electron chi connectivity index (χ2n) is 12.8. The lowest BCUT2D eigenvalue weighted by atomic mass is 9.91. The molecule has 2 atom stereocenters. The van der Waals surface area contributed by atoms with Crippen molar-refractivity contribution < 1.29 is 37.0 Å². The number of aromatic nitrogens is 2. The topological polar surface area (TPSA) is 94.1 Å². The van der Waals surface area contributed by atoms with E-state index in [9.17, 15) is 22.8 Å². The highest BCUT2D eigenvalue weighted by molar-refractivity contribution is 5.91. The zero-order valence-electron chi connectivity index (χ0n) is 28.8. The van der Waals surface area contributed by atoms with Crippen LogP contribution in [0.2, 0.25) is 0 Å². The number of carbonyl (C=O) groups excluding carboxylic acids is 2. The normalized spacial score (nSPS) is 17.9. The lowest BCUT2D eigenvalue weighted by molar-refractivity contribution is -0.137. The fraction of sp³-hybridized carbons (Fsp3) is 0.368. The van der Waals surface area contributed by atoms with Crippen molar-refractivity contribution in [1.29, 1.82) is 0 Å². The number of alkyl halides is 3. The lowest BCUT2D eigenvalue weighted by Crippen LogP contribution is -2.52. The summed E-state index contributed by atoms with van der Waals surface area (Å²) < 4.78 is 57.1. The predicted octanol–water partition coefficient (Wildman–Crippen LogP) is 7.71. The van der Waals surface area contributed by atoms with Gasteiger partial charge in [0.25, 0.3) is 0 Å². The number of hydrogen-bond donors (Lipinski definition) is 0. The molecule has 12 heteroatoms. The van der Waals surface area contributed by atoms with E-state index in [1.807, 2.05) is 30.0 Å². The summed E-state index contributed by atoms with van der Waals surface area (Å²) in [6.07, 6.45) is -3.55. The molecule has 1 amide bonds. The van der Waals surface area contributed by atoms with Gasteiger partial charge >= 0.3 is 18.2 Å². The van der Waals surface area contributed by atoms with Gasteiger partial charge in [-0.2, -0.15) is 13.2 Å². The van der Waals surface area contributed by atoms with Gasteiger partial charge in [0, 0.05) is 32.0 Å². The van der Waals surface area contributed by atoms with Gasteiger partial charge in [-0.25, -0.2) is 19.6 Å². The first-order chi connectivity index (χ1) is 23.8. The molecule has 3 heterocycles. The number of anilines is 1. The van der Waals surface area contributed by atoms with Crippen LogP contribution in [0.15, 0.2) is 60.8 Å². The minimum Gasteiger partial charge on any atom is -0.465 e. The molecule has 4 aromatic rings. The van der Waals surface area contributed by atoms with E-state index in [2.05, 4.69) is 13.0 Å². The summed E-state index contributed by atoms with van der Waals surface area (Å²) in [5.41, 5.74) is 6.33. The average molecular weight is 689 g/mol. The summed E-state index contributed by atoms with van der Waals surface area (Å²) in [5.74, 6) is 0.0773. The van der Waals surface area contributed by atoms with Gasteiger partial charge in [0.2, 0.25) is 5.95 Å². The van der Waals surface area contributed by atoms with E-state index in [1.165, 1.54) is 12.0 Å². The number of amides is 1. The van der Waals surface area contributed by atoms with Crippen molar-refractivity contribution in [3.63, 3.8) is 0 Å². The maximum absolute atomic E-state index is 13.7. The third-order valence-electron chi connectivity index (χ3n) is 9.53. The number of carbonyl (C=O) groups is 2. The molecule has 0 saturated carbocycles. The van der Waals surface area contributed by atoms with Crippen LogP contribution in [0.25, 0.3) is 22.3 Å². The van der Waals surface area contributed by atoms with Crippen LogP contribution in [0.4, 0.5) is 23.9 Å². The molecule has 1 aromatic heterocycles. The van der Waals surface area contributed by atoms with E-state index in [4.69, 9.17) is 24.2 Å². The molecular formula is C38H39F3N4O5. The van der Waals surface area contributed by atoms with E-state index in [1.54, 1.807) is 45.4 Å². The van der Waals surface area contributed by atoms with E-state index >= 15 is 0 Å². The first-order valence-corrected chi connectivity index (χ1v) is 16.4. The number of esters is 1.